The van der Waals surface area contributed by atoms with E-state index in [0.717, 1.165) is 19.0 Å². The molecule has 1 heterocycles. The first-order valence-corrected chi connectivity index (χ1v) is 6.76. The van der Waals surface area contributed by atoms with Crippen LogP contribution >= 0.6 is 0 Å². The summed E-state index contributed by atoms with van der Waals surface area (Å²) >= 11 is 0. The summed E-state index contributed by atoms with van der Waals surface area (Å²) in [6, 6.07) is 3.71. The van der Waals surface area contributed by atoms with E-state index in [1.54, 1.807) is 0 Å². The van der Waals surface area contributed by atoms with Crippen LogP contribution < -0.4 is 15.4 Å². The molecule has 114 valence electrons. The molecule has 0 spiro atoms. The molecule has 0 aliphatic carbocycles. The highest BCUT2D eigenvalue weighted by molar-refractivity contribution is 6.39. The van der Waals surface area contributed by atoms with Crippen molar-refractivity contribution in [1.82, 2.24) is 10.2 Å². The Kier molecular flexibility index (Phi) is 5.10. The van der Waals surface area contributed by atoms with Crippen LogP contribution in [0.15, 0.2) is 18.2 Å². The van der Waals surface area contributed by atoms with Crippen LogP contribution in [0.25, 0.3) is 0 Å². The molecule has 21 heavy (non-hydrogen) atoms. The van der Waals surface area contributed by atoms with Crippen LogP contribution in [0.2, 0.25) is 0 Å². The van der Waals surface area contributed by atoms with Crippen molar-refractivity contribution in [3.8, 4) is 5.75 Å². The van der Waals surface area contributed by atoms with Gasteiger partial charge in [-0.2, -0.15) is 0 Å². The maximum Gasteiger partial charge on any atom is 0.314 e. The van der Waals surface area contributed by atoms with Crippen molar-refractivity contribution in [2.75, 3.05) is 38.6 Å². The number of ether oxygens (including phenoxy) is 1. The van der Waals surface area contributed by atoms with E-state index in [1.165, 1.54) is 24.1 Å². The van der Waals surface area contributed by atoms with Gasteiger partial charge in [-0.05, 0) is 25.1 Å². The second kappa shape index (κ2) is 7.03. The van der Waals surface area contributed by atoms with E-state index < -0.39 is 17.6 Å². The Morgan fingerprint density at radius 1 is 1.33 bits per heavy atom. The van der Waals surface area contributed by atoms with Gasteiger partial charge in [0.05, 0.1) is 12.8 Å². The first kappa shape index (κ1) is 15.2. The second-order valence-electron chi connectivity index (χ2n) is 4.69. The van der Waals surface area contributed by atoms with Crippen LogP contribution in [0.5, 0.6) is 5.75 Å². The van der Waals surface area contributed by atoms with Gasteiger partial charge < -0.3 is 20.3 Å². The lowest BCUT2D eigenvalue weighted by atomic mass is 10.2. The first-order valence-electron chi connectivity index (χ1n) is 6.76. The summed E-state index contributed by atoms with van der Waals surface area (Å²) in [5, 5.41) is 5.62. The van der Waals surface area contributed by atoms with Crippen molar-refractivity contribution < 1.29 is 18.7 Å². The van der Waals surface area contributed by atoms with E-state index in [-0.39, 0.29) is 11.4 Å². The quantitative estimate of drug-likeness (QED) is 0.784. The van der Waals surface area contributed by atoms with E-state index in [4.69, 9.17) is 4.74 Å². The predicted octanol–water partition coefficient (Wildman–Crippen LogP) is 0.595. The first-order chi connectivity index (χ1) is 10.1. The molecule has 1 aromatic carbocycles. The molecule has 2 rings (SSSR count). The zero-order valence-corrected chi connectivity index (χ0v) is 11.8. The third kappa shape index (κ3) is 3.91. The second-order valence-corrected chi connectivity index (χ2v) is 4.69. The molecule has 0 radical (unpaired) electrons. The lowest BCUT2D eigenvalue weighted by Gasteiger charge is -2.19. The lowest BCUT2D eigenvalue weighted by Crippen LogP contribution is -2.41. The van der Waals surface area contributed by atoms with Gasteiger partial charge in [0.2, 0.25) is 0 Å². The van der Waals surface area contributed by atoms with Crippen LogP contribution in [-0.2, 0) is 9.59 Å². The molecule has 2 amide bonds. The molecule has 0 aromatic heterocycles. The number of hydrogen-bond acceptors (Lipinski definition) is 4. The Labute approximate surface area is 122 Å². The minimum atomic E-state index is -0.748. The molecular weight excluding hydrogens is 277 g/mol. The summed E-state index contributed by atoms with van der Waals surface area (Å²) in [4.78, 5) is 25.6. The van der Waals surface area contributed by atoms with Crippen molar-refractivity contribution in [2.24, 2.45) is 0 Å². The van der Waals surface area contributed by atoms with Gasteiger partial charge in [0, 0.05) is 25.7 Å². The molecule has 1 aliphatic heterocycles. The Morgan fingerprint density at radius 2 is 2.14 bits per heavy atom. The van der Waals surface area contributed by atoms with Crippen LogP contribution in [0, 0.1) is 5.82 Å². The average molecular weight is 295 g/mol. The minimum absolute atomic E-state index is 0.175. The smallest absolute Gasteiger partial charge is 0.314 e. The molecule has 1 fully saturated rings. The molecule has 0 unspecified atom stereocenters. The van der Waals surface area contributed by atoms with Crippen LogP contribution in [0.4, 0.5) is 10.1 Å². The summed E-state index contributed by atoms with van der Waals surface area (Å²) in [6.45, 7) is 2.53. The number of hydrogen-bond donors (Lipinski definition) is 2. The highest BCUT2D eigenvalue weighted by Gasteiger charge is 2.23. The summed E-state index contributed by atoms with van der Waals surface area (Å²) in [6.07, 6.45) is 0.804. The number of benzene rings is 1. The van der Waals surface area contributed by atoms with Gasteiger partial charge in [-0.25, -0.2) is 4.39 Å². The molecule has 7 heteroatoms. The largest absolute Gasteiger partial charge is 0.494 e. The van der Waals surface area contributed by atoms with E-state index in [1.807, 2.05) is 0 Å². The fraction of sp³-hybridized carbons (Fsp3) is 0.429. The van der Waals surface area contributed by atoms with Crippen molar-refractivity contribution in [2.45, 2.75) is 6.42 Å². The van der Waals surface area contributed by atoms with Gasteiger partial charge in [-0.3, -0.25) is 9.59 Å². The normalized spacial score (nSPS) is 15.2. The molecular formula is C14H18FN3O3. The summed E-state index contributed by atoms with van der Waals surface area (Å²) < 4.78 is 18.1. The zero-order valence-electron chi connectivity index (χ0n) is 11.8. The monoisotopic (exact) mass is 295 g/mol. The van der Waals surface area contributed by atoms with Gasteiger partial charge >= 0.3 is 11.8 Å². The van der Waals surface area contributed by atoms with Gasteiger partial charge in [0.15, 0.2) is 0 Å². The predicted molar refractivity (Wildman–Crippen MR) is 75.6 cm³/mol. The lowest BCUT2D eigenvalue weighted by molar-refractivity contribution is -0.143. The molecule has 0 atom stereocenters. The number of carbonyl (C=O) groups is 2. The third-order valence-electron chi connectivity index (χ3n) is 3.23. The topological polar surface area (TPSA) is 70.7 Å². The Morgan fingerprint density at radius 3 is 2.90 bits per heavy atom. The van der Waals surface area contributed by atoms with Gasteiger partial charge in [0.1, 0.15) is 11.6 Å². The average Bonchev–Trinajstić information content (AvgIpc) is 2.77. The molecule has 2 N–H and O–H groups in total. The fourth-order valence-corrected chi connectivity index (χ4v) is 2.14. The zero-order chi connectivity index (χ0) is 15.2. The van der Waals surface area contributed by atoms with Crippen molar-refractivity contribution >= 4 is 17.5 Å². The molecule has 1 aliphatic rings. The van der Waals surface area contributed by atoms with E-state index in [2.05, 4.69) is 10.6 Å². The Balaban J connectivity index is 2.05. The number of halogens is 1. The van der Waals surface area contributed by atoms with E-state index >= 15 is 0 Å². The maximum absolute atomic E-state index is 13.1. The number of rotatable bonds is 2. The van der Waals surface area contributed by atoms with Crippen molar-refractivity contribution in [3.05, 3.63) is 24.0 Å². The minimum Gasteiger partial charge on any atom is -0.494 e. The number of carbonyl (C=O) groups excluding carboxylic acids is 2. The van der Waals surface area contributed by atoms with Crippen LogP contribution in [0.3, 0.4) is 0 Å². The van der Waals surface area contributed by atoms with Crippen LogP contribution in [-0.4, -0.2) is 50.0 Å². The van der Waals surface area contributed by atoms with Crippen molar-refractivity contribution in [1.29, 1.82) is 0 Å². The van der Waals surface area contributed by atoms with Gasteiger partial charge in [-0.1, -0.05) is 0 Å². The molecule has 1 saturated heterocycles. The van der Waals surface area contributed by atoms with Gasteiger partial charge in [-0.15, -0.1) is 0 Å². The molecule has 0 saturated carbocycles. The van der Waals surface area contributed by atoms with E-state index in [0.29, 0.717) is 19.6 Å². The standard InChI is InChI=1S/C14H18FN3O3/c1-21-12-9-10(15)3-4-11(12)17-13(19)14(20)18-7-2-5-16-6-8-18/h3-4,9,16H,2,5-8H2,1H3,(H,17,19). The highest BCUT2D eigenvalue weighted by Crippen LogP contribution is 2.24. The number of anilines is 1. The number of methoxy groups -OCH3 is 1. The maximum atomic E-state index is 13.1. The fourth-order valence-electron chi connectivity index (χ4n) is 2.14. The van der Waals surface area contributed by atoms with Gasteiger partial charge in [0.25, 0.3) is 0 Å². The number of nitrogens with zero attached hydrogens (tertiary/aromatic N) is 1. The summed E-state index contributed by atoms with van der Waals surface area (Å²) in [5.41, 5.74) is 0.269. The molecule has 0 bridgehead atoms. The van der Waals surface area contributed by atoms with E-state index in [9.17, 15) is 14.0 Å². The molecule has 6 nitrogen and oxygen atoms in total. The Hall–Kier alpha value is -2.15. The Bertz CT molecular complexity index is 528. The summed E-state index contributed by atoms with van der Waals surface area (Å²) in [7, 11) is 1.37. The highest BCUT2D eigenvalue weighted by atomic mass is 19.1. The van der Waals surface area contributed by atoms with Crippen molar-refractivity contribution in [3.63, 3.8) is 0 Å². The molecule has 1 aromatic rings. The van der Waals surface area contributed by atoms with Crippen LogP contribution in [0.1, 0.15) is 6.42 Å². The number of amides is 2. The third-order valence-corrected chi connectivity index (χ3v) is 3.23. The number of nitrogens with one attached hydrogen (secondary N) is 2. The SMILES string of the molecule is COc1cc(F)ccc1NC(=O)C(=O)N1CCCNCC1. The summed E-state index contributed by atoms with van der Waals surface area (Å²) in [5.74, 6) is -1.64.